The van der Waals surface area contributed by atoms with Gasteiger partial charge in [0.25, 0.3) is 10.0 Å². The van der Waals surface area contributed by atoms with Gasteiger partial charge in [0.1, 0.15) is 25.8 Å². The first-order chi connectivity index (χ1) is 23.8. The quantitative estimate of drug-likeness (QED) is 0.195. The molecule has 2 aliphatic rings. The zero-order valence-electron chi connectivity index (χ0n) is 27.8. The molecule has 1 N–H and O–H groups in total. The molecule has 1 atom stereocenters. The van der Waals surface area contributed by atoms with E-state index in [0.29, 0.717) is 24.7 Å². The van der Waals surface area contributed by atoms with Gasteiger partial charge in [-0.15, -0.1) is 0 Å². The molecule has 256 valence electrons. The number of nitrogens with zero attached hydrogens (tertiary/aromatic N) is 2. The third-order valence-corrected chi connectivity index (χ3v) is 11.0. The third kappa shape index (κ3) is 8.25. The number of benzene rings is 4. The second kappa shape index (κ2) is 15.6. The highest BCUT2D eigenvalue weighted by Crippen LogP contribution is 2.36. The Morgan fingerprint density at radius 2 is 1.47 bits per heavy atom. The van der Waals surface area contributed by atoms with Crippen molar-refractivity contribution in [3.8, 4) is 11.5 Å². The number of amides is 2. The van der Waals surface area contributed by atoms with Gasteiger partial charge in [-0.3, -0.25) is 13.9 Å². The highest BCUT2D eigenvalue weighted by atomic mass is 32.2. The van der Waals surface area contributed by atoms with Gasteiger partial charge < -0.3 is 19.7 Å². The maximum atomic E-state index is 14.8. The van der Waals surface area contributed by atoms with E-state index < -0.39 is 28.5 Å². The molecule has 1 heterocycles. The van der Waals surface area contributed by atoms with Gasteiger partial charge in [-0.05, 0) is 60.7 Å². The van der Waals surface area contributed by atoms with E-state index in [2.05, 4.69) is 5.32 Å². The number of carbonyl (C=O) groups is 2. The van der Waals surface area contributed by atoms with Crippen molar-refractivity contribution in [2.75, 3.05) is 24.1 Å². The highest BCUT2D eigenvalue weighted by molar-refractivity contribution is 7.92. The van der Waals surface area contributed by atoms with Crippen LogP contribution in [0.2, 0.25) is 0 Å². The van der Waals surface area contributed by atoms with Crippen molar-refractivity contribution in [2.24, 2.45) is 0 Å². The van der Waals surface area contributed by atoms with Crippen molar-refractivity contribution in [2.45, 2.75) is 69.0 Å². The fourth-order valence-corrected chi connectivity index (χ4v) is 7.93. The Kier molecular flexibility index (Phi) is 10.8. The lowest BCUT2D eigenvalue weighted by atomic mass is 9.94. The molecule has 0 saturated heterocycles. The number of hydrogen-bond acceptors (Lipinski definition) is 6. The van der Waals surface area contributed by atoms with Crippen LogP contribution in [-0.2, 0) is 32.6 Å². The topological polar surface area (TPSA) is 105 Å². The number of aryl methyl sites for hydroxylation is 1. The van der Waals surface area contributed by atoms with Crippen molar-refractivity contribution in [3.05, 3.63) is 120 Å². The molecule has 9 nitrogen and oxygen atoms in total. The molecule has 0 bridgehead atoms. The molecule has 4 aromatic carbocycles. The lowest BCUT2D eigenvalue weighted by molar-refractivity contribution is -0.140. The van der Waals surface area contributed by atoms with Crippen LogP contribution < -0.4 is 19.1 Å². The number of nitrogens with one attached hydrogen (secondary N) is 1. The third-order valence-electron chi connectivity index (χ3n) is 9.25. The van der Waals surface area contributed by atoms with Crippen LogP contribution in [0.1, 0.15) is 48.8 Å². The molecular weight excluding hydrogens is 639 g/mol. The van der Waals surface area contributed by atoms with Gasteiger partial charge in [0.15, 0.2) is 11.5 Å². The monoisotopic (exact) mass is 681 g/mol. The van der Waals surface area contributed by atoms with Gasteiger partial charge in [0.2, 0.25) is 11.8 Å². The fraction of sp³-hybridized carbons (Fsp3) is 0.333. The Morgan fingerprint density at radius 3 is 2.18 bits per heavy atom. The summed E-state index contributed by atoms with van der Waals surface area (Å²) in [5, 5.41) is 3.26. The smallest absolute Gasteiger partial charge is 0.264 e. The van der Waals surface area contributed by atoms with Crippen LogP contribution in [0.3, 0.4) is 0 Å². The molecule has 4 aromatic rings. The van der Waals surface area contributed by atoms with E-state index in [-0.39, 0.29) is 35.5 Å². The van der Waals surface area contributed by atoms with E-state index in [1.807, 2.05) is 61.5 Å². The molecule has 10 heteroatoms. The summed E-state index contributed by atoms with van der Waals surface area (Å²) in [6.07, 6.45) is 5.28. The summed E-state index contributed by atoms with van der Waals surface area (Å²) >= 11 is 0. The number of rotatable bonds is 12. The molecule has 0 spiro atoms. The minimum absolute atomic E-state index is 0.0302. The molecule has 1 saturated carbocycles. The van der Waals surface area contributed by atoms with E-state index in [4.69, 9.17) is 9.47 Å². The lowest BCUT2D eigenvalue weighted by Crippen LogP contribution is -2.55. The Hall–Kier alpha value is -4.83. The number of anilines is 1. The SMILES string of the molecule is Cc1ccccc1CN(C(=O)CN(c1ccc2c(c1)OCCO2)S(=O)(=O)c1ccccc1)C(Cc1ccccc1)C(=O)NC1CCCCC1. The van der Waals surface area contributed by atoms with Gasteiger partial charge in [-0.2, -0.15) is 0 Å². The highest BCUT2D eigenvalue weighted by Gasteiger charge is 2.36. The summed E-state index contributed by atoms with van der Waals surface area (Å²) in [5.41, 5.74) is 2.99. The number of fused-ring (bicyclic) bond motifs is 1. The second-order valence-corrected chi connectivity index (χ2v) is 14.5. The molecule has 6 rings (SSSR count). The number of sulfonamides is 1. The van der Waals surface area contributed by atoms with Gasteiger partial charge in [-0.25, -0.2) is 8.42 Å². The minimum atomic E-state index is -4.23. The average molecular weight is 682 g/mol. The maximum Gasteiger partial charge on any atom is 0.264 e. The zero-order valence-corrected chi connectivity index (χ0v) is 28.6. The number of carbonyl (C=O) groups excluding carboxylic acids is 2. The summed E-state index contributed by atoms with van der Waals surface area (Å²) < 4.78 is 41.2. The summed E-state index contributed by atoms with van der Waals surface area (Å²) in [5.74, 6) is 0.156. The van der Waals surface area contributed by atoms with Crippen LogP contribution in [0.4, 0.5) is 5.69 Å². The van der Waals surface area contributed by atoms with Crippen molar-refractivity contribution in [3.63, 3.8) is 0 Å². The Morgan fingerprint density at radius 1 is 0.816 bits per heavy atom. The second-order valence-electron chi connectivity index (χ2n) is 12.6. The summed E-state index contributed by atoms with van der Waals surface area (Å²) in [6, 6.07) is 29.4. The van der Waals surface area contributed by atoms with E-state index in [1.165, 1.54) is 12.1 Å². The molecule has 49 heavy (non-hydrogen) atoms. The summed E-state index contributed by atoms with van der Waals surface area (Å²) in [6.45, 7) is 2.26. The zero-order chi connectivity index (χ0) is 34.2. The van der Waals surface area contributed by atoms with Crippen molar-refractivity contribution in [1.82, 2.24) is 10.2 Å². The summed E-state index contributed by atoms with van der Waals surface area (Å²) in [4.78, 5) is 30.7. The molecule has 1 unspecified atom stereocenters. The van der Waals surface area contributed by atoms with Crippen LogP contribution >= 0.6 is 0 Å². The molecular formula is C39H43N3O6S. The first-order valence-electron chi connectivity index (χ1n) is 17.0. The Balaban J connectivity index is 1.41. The van der Waals surface area contributed by atoms with Crippen LogP contribution in [0.25, 0.3) is 0 Å². The van der Waals surface area contributed by atoms with E-state index in [0.717, 1.165) is 53.1 Å². The summed E-state index contributed by atoms with van der Waals surface area (Å²) in [7, 11) is -4.23. The normalized spacial score (nSPS) is 15.2. The van der Waals surface area contributed by atoms with Crippen LogP contribution in [0.5, 0.6) is 11.5 Å². The van der Waals surface area contributed by atoms with Gasteiger partial charge >= 0.3 is 0 Å². The van der Waals surface area contributed by atoms with Gasteiger partial charge in [0.05, 0.1) is 10.6 Å². The largest absolute Gasteiger partial charge is 0.486 e. The first kappa shape index (κ1) is 34.0. The average Bonchev–Trinajstić information content (AvgIpc) is 3.13. The fourth-order valence-electron chi connectivity index (χ4n) is 6.50. The van der Waals surface area contributed by atoms with Gasteiger partial charge in [0, 0.05) is 25.1 Å². The predicted molar refractivity (Wildman–Crippen MR) is 189 cm³/mol. The van der Waals surface area contributed by atoms with Crippen molar-refractivity contribution >= 4 is 27.5 Å². The van der Waals surface area contributed by atoms with Crippen LogP contribution in [-0.4, -0.2) is 57.0 Å². The first-order valence-corrected chi connectivity index (χ1v) is 18.4. The van der Waals surface area contributed by atoms with E-state index in [1.54, 1.807) is 41.3 Å². The van der Waals surface area contributed by atoms with Crippen LogP contribution in [0.15, 0.2) is 108 Å². The van der Waals surface area contributed by atoms with E-state index >= 15 is 0 Å². The van der Waals surface area contributed by atoms with Crippen LogP contribution in [0, 0.1) is 6.92 Å². The predicted octanol–water partition coefficient (Wildman–Crippen LogP) is 6.05. The molecule has 0 aromatic heterocycles. The van der Waals surface area contributed by atoms with E-state index in [9.17, 15) is 18.0 Å². The molecule has 1 fully saturated rings. The Bertz CT molecular complexity index is 1850. The van der Waals surface area contributed by atoms with Crippen molar-refractivity contribution < 1.29 is 27.5 Å². The molecule has 1 aliphatic carbocycles. The maximum absolute atomic E-state index is 14.8. The molecule has 2 amide bonds. The van der Waals surface area contributed by atoms with Crippen molar-refractivity contribution in [1.29, 1.82) is 0 Å². The standard InChI is InChI=1S/C39H43N3O6S/c1-29-13-11-12-16-31(29)27-41(35(25-30-14-5-2-6-15-30)39(44)40-32-17-7-3-8-18-32)38(43)28-42(49(45,46)34-19-9-4-10-20-34)33-21-22-36-37(26-33)48-24-23-47-36/h2,4-6,9-16,19-22,26,32,35H,3,7-8,17-18,23-25,27-28H2,1H3,(H,40,44). The Labute approximate surface area is 288 Å². The molecule has 0 radical (unpaired) electrons. The van der Waals surface area contributed by atoms with Gasteiger partial charge in [-0.1, -0.05) is 92.1 Å². The lowest BCUT2D eigenvalue weighted by Gasteiger charge is -2.35. The number of hydrogen-bond donors (Lipinski definition) is 1. The minimum Gasteiger partial charge on any atom is -0.486 e. The number of ether oxygens (including phenoxy) is 2. The molecule has 1 aliphatic heterocycles.